The summed E-state index contributed by atoms with van der Waals surface area (Å²) in [5, 5.41) is 6.68. The summed E-state index contributed by atoms with van der Waals surface area (Å²) in [5.41, 5.74) is 3.70. The van der Waals surface area contributed by atoms with E-state index < -0.39 is 0 Å². The first-order valence-corrected chi connectivity index (χ1v) is 8.60. The zero-order valence-corrected chi connectivity index (χ0v) is 15.3. The maximum Gasteiger partial charge on any atom is 0.274 e. The van der Waals surface area contributed by atoms with Gasteiger partial charge in [-0.3, -0.25) is 4.79 Å². The van der Waals surface area contributed by atoms with Gasteiger partial charge in [0.15, 0.2) is 0 Å². The van der Waals surface area contributed by atoms with E-state index in [1.54, 1.807) is 6.07 Å². The van der Waals surface area contributed by atoms with Crippen LogP contribution in [0.2, 0.25) is 5.02 Å². The number of aryl methyl sites for hydroxylation is 2. The van der Waals surface area contributed by atoms with Crippen LogP contribution >= 0.6 is 11.6 Å². The lowest BCUT2D eigenvalue weighted by Gasteiger charge is -2.10. The van der Waals surface area contributed by atoms with E-state index in [9.17, 15) is 4.79 Å². The third-order valence-corrected chi connectivity index (χ3v) is 4.24. The van der Waals surface area contributed by atoms with Gasteiger partial charge in [0.25, 0.3) is 5.91 Å². The molecular formula is C20H19ClN4O. The number of carbonyl (C=O) groups excluding carboxylic acids is 1. The molecule has 0 fully saturated rings. The van der Waals surface area contributed by atoms with Crippen molar-refractivity contribution in [3.05, 3.63) is 82.1 Å². The van der Waals surface area contributed by atoms with Crippen molar-refractivity contribution < 1.29 is 4.79 Å². The summed E-state index contributed by atoms with van der Waals surface area (Å²) in [6.07, 6.45) is 0. The Morgan fingerprint density at radius 3 is 2.54 bits per heavy atom. The van der Waals surface area contributed by atoms with E-state index in [0.29, 0.717) is 28.9 Å². The molecule has 2 N–H and O–H groups in total. The van der Waals surface area contributed by atoms with Crippen molar-refractivity contribution in [1.82, 2.24) is 9.97 Å². The fourth-order valence-corrected chi connectivity index (χ4v) is 2.68. The first kappa shape index (κ1) is 17.9. The summed E-state index contributed by atoms with van der Waals surface area (Å²) >= 11 is 6.16. The molecule has 3 rings (SSSR count). The van der Waals surface area contributed by atoms with Crippen molar-refractivity contribution in [3.8, 4) is 0 Å². The van der Waals surface area contributed by atoms with Crippen LogP contribution in [0.4, 0.5) is 11.6 Å². The molecule has 0 aliphatic heterocycles. The highest BCUT2D eigenvalue weighted by Gasteiger charge is 2.12. The van der Waals surface area contributed by atoms with Crippen molar-refractivity contribution in [3.63, 3.8) is 0 Å². The molecule has 1 amide bonds. The van der Waals surface area contributed by atoms with Gasteiger partial charge in [-0.1, -0.05) is 48.0 Å². The van der Waals surface area contributed by atoms with E-state index in [-0.39, 0.29) is 5.91 Å². The standard InChI is InChI=1S/C20H19ClN4O/c1-13-7-3-6-10-17(13)24-19(26)18-11-14(2)23-20(25-18)22-12-15-8-4-5-9-16(15)21/h3-11H,12H2,1-2H3,(H,24,26)(H,22,23,25). The Bertz CT molecular complexity index is 943. The van der Waals surface area contributed by atoms with Gasteiger partial charge < -0.3 is 10.6 Å². The number of anilines is 2. The monoisotopic (exact) mass is 366 g/mol. The van der Waals surface area contributed by atoms with E-state index in [1.807, 2.05) is 62.4 Å². The van der Waals surface area contributed by atoms with Gasteiger partial charge >= 0.3 is 0 Å². The second-order valence-corrected chi connectivity index (χ2v) is 6.34. The highest BCUT2D eigenvalue weighted by Crippen LogP contribution is 2.17. The molecule has 1 heterocycles. The number of nitrogens with one attached hydrogen (secondary N) is 2. The van der Waals surface area contributed by atoms with E-state index in [0.717, 1.165) is 16.8 Å². The summed E-state index contributed by atoms with van der Waals surface area (Å²) in [7, 11) is 0. The Kier molecular flexibility index (Phi) is 5.49. The van der Waals surface area contributed by atoms with Crippen molar-refractivity contribution in [2.24, 2.45) is 0 Å². The minimum absolute atomic E-state index is 0.273. The first-order chi connectivity index (χ1) is 12.5. The fourth-order valence-electron chi connectivity index (χ4n) is 2.48. The lowest BCUT2D eigenvalue weighted by molar-refractivity contribution is 0.102. The van der Waals surface area contributed by atoms with Crippen LogP contribution in [0, 0.1) is 13.8 Å². The number of para-hydroxylation sites is 1. The number of benzene rings is 2. The normalized spacial score (nSPS) is 10.4. The Labute approximate surface area is 157 Å². The van der Waals surface area contributed by atoms with Crippen LogP contribution in [-0.4, -0.2) is 15.9 Å². The van der Waals surface area contributed by atoms with Crippen LogP contribution in [0.25, 0.3) is 0 Å². The summed E-state index contributed by atoms with van der Waals surface area (Å²) in [6.45, 7) is 4.24. The van der Waals surface area contributed by atoms with Gasteiger partial charge in [-0.15, -0.1) is 0 Å². The minimum Gasteiger partial charge on any atom is -0.350 e. The molecule has 0 aliphatic carbocycles. The Morgan fingerprint density at radius 2 is 1.77 bits per heavy atom. The summed E-state index contributed by atoms with van der Waals surface area (Å²) in [6, 6.07) is 16.8. The van der Waals surface area contributed by atoms with Gasteiger partial charge in [0, 0.05) is 22.9 Å². The zero-order chi connectivity index (χ0) is 18.5. The minimum atomic E-state index is -0.273. The molecule has 0 spiro atoms. The topological polar surface area (TPSA) is 66.9 Å². The highest BCUT2D eigenvalue weighted by molar-refractivity contribution is 6.31. The average Bonchev–Trinajstić information content (AvgIpc) is 2.62. The average molecular weight is 367 g/mol. The number of carbonyl (C=O) groups is 1. The number of halogens is 1. The molecule has 0 radical (unpaired) electrons. The number of hydrogen-bond acceptors (Lipinski definition) is 4. The Morgan fingerprint density at radius 1 is 1.04 bits per heavy atom. The molecule has 0 atom stereocenters. The SMILES string of the molecule is Cc1cc(C(=O)Nc2ccccc2C)nc(NCc2ccccc2Cl)n1. The molecule has 26 heavy (non-hydrogen) atoms. The fraction of sp³-hybridized carbons (Fsp3) is 0.150. The summed E-state index contributed by atoms with van der Waals surface area (Å²) in [4.78, 5) is 21.2. The molecule has 0 saturated heterocycles. The second kappa shape index (κ2) is 7.97. The molecule has 3 aromatic rings. The van der Waals surface area contributed by atoms with E-state index in [4.69, 9.17) is 11.6 Å². The van der Waals surface area contributed by atoms with Crippen LogP contribution in [-0.2, 0) is 6.54 Å². The van der Waals surface area contributed by atoms with Gasteiger partial charge in [-0.25, -0.2) is 9.97 Å². The second-order valence-electron chi connectivity index (χ2n) is 5.93. The lowest BCUT2D eigenvalue weighted by atomic mass is 10.2. The molecule has 132 valence electrons. The smallest absolute Gasteiger partial charge is 0.274 e. The van der Waals surface area contributed by atoms with E-state index in [2.05, 4.69) is 20.6 Å². The molecule has 0 bridgehead atoms. The summed E-state index contributed by atoms with van der Waals surface area (Å²) < 4.78 is 0. The number of nitrogens with zero attached hydrogens (tertiary/aromatic N) is 2. The predicted molar refractivity (Wildman–Crippen MR) is 105 cm³/mol. The quantitative estimate of drug-likeness (QED) is 0.691. The largest absolute Gasteiger partial charge is 0.350 e. The number of rotatable bonds is 5. The van der Waals surface area contributed by atoms with E-state index >= 15 is 0 Å². The third kappa shape index (κ3) is 4.37. The molecule has 0 saturated carbocycles. The van der Waals surface area contributed by atoms with Crippen LogP contribution in [0.5, 0.6) is 0 Å². The number of hydrogen-bond donors (Lipinski definition) is 2. The van der Waals surface area contributed by atoms with Gasteiger partial charge in [0.05, 0.1) is 0 Å². The third-order valence-electron chi connectivity index (χ3n) is 3.87. The van der Waals surface area contributed by atoms with Crippen molar-refractivity contribution in [2.45, 2.75) is 20.4 Å². The van der Waals surface area contributed by atoms with Crippen molar-refractivity contribution in [1.29, 1.82) is 0 Å². The molecule has 6 heteroatoms. The van der Waals surface area contributed by atoms with Gasteiger partial charge in [0.2, 0.25) is 5.95 Å². The molecule has 0 unspecified atom stereocenters. The Balaban J connectivity index is 1.76. The highest BCUT2D eigenvalue weighted by atomic mass is 35.5. The molecular weight excluding hydrogens is 348 g/mol. The van der Waals surface area contributed by atoms with Crippen LogP contribution in [0.3, 0.4) is 0 Å². The zero-order valence-electron chi connectivity index (χ0n) is 14.6. The molecule has 2 aromatic carbocycles. The lowest BCUT2D eigenvalue weighted by Crippen LogP contribution is -2.16. The molecule has 1 aromatic heterocycles. The summed E-state index contributed by atoms with van der Waals surface area (Å²) in [5.74, 6) is 0.116. The van der Waals surface area contributed by atoms with Crippen molar-refractivity contribution in [2.75, 3.05) is 10.6 Å². The number of amides is 1. The number of aromatic nitrogens is 2. The first-order valence-electron chi connectivity index (χ1n) is 8.23. The van der Waals surface area contributed by atoms with Gasteiger partial charge in [0.1, 0.15) is 5.69 Å². The predicted octanol–water partition coefficient (Wildman–Crippen LogP) is 4.61. The van der Waals surface area contributed by atoms with Gasteiger partial charge in [-0.2, -0.15) is 0 Å². The van der Waals surface area contributed by atoms with Crippen LogP contribution < -0.4 is 10.6 Å². The van der Waals surface area contributed by atoms with E-state index in [1.165, 1.54) is 0 Å². The Hall–Kier alpha value is -2.92. The van der Waals surface area contributed by atoms with Crippen molar-refractivity contribution >= 4 is 29.1 Å². The molecule has 5 nitrogen and oxygen atoms in total. The van der Waals surface area contributed by atoms with Crippen LogP contribution in [0.15, 0.2) is 54.6 Å². The molecule has 0 aliphatic rings. The van der Waals surface area contributed by atoms with Crippen LogP contribution in [0.1, 0.15) is 27.3 Å². The van der Waals surface area contributed by atoms with Gasteiger partial charge in [-0.05, 0) is 43.2 Å². The maximum atomic E-state index is 12.5. The maximum absolute atomic E-state index is 12.5.